The van der Waals surface area contributed by atoms with Crippen molar-refractivity contribution in [1.82, 2.24) is 10.6 Å². The Labute approximate surface area is 239 Å². The van der Waals surface area contributed by atoms with Crippen molar-refractivity contribution in [3.05, 3.63) is 64.2 Å². The van der Waals surface area contributed by atoms with Crippen molar-refractivity contribution < 1.29 is 27.9 Å². The molecule has 0 aliphatic heterocycles. The van der Waals surface area contributed by atoms with E-state index in [1.165, 1.54) is 60.4 Å². The molecule has 3 rings (SSSR count). The molecule has 0 bridgehead atoms. The molecule has 1 unspecified atom stereocenters. The lowest BCUT2D eigenvalue weighted by atomic mass is 10.1. The molecule has 0 aromatic heterocycles. The number of aliphatic carboxylic acids is 1. The fraction of sp³-hybridized carbons (Fsp3) is 0.517. The van der Waals surface area contributed by atoms with Gasteiger partial charge in [-0.25, -0.2) is 0 Å². The molecule has 0 saturated carbocycles. The first-order valence-electron chi connectivity index (χ1n) is 13.2. The van der Waals surface area contributed by atoms with Crippen molar-refractivity contribution in [2.75, 3.05) is 6.54 Å². The van der Waals surface area contributed by atoms with Gasteiger partial charge in [0.1, 0.15) is 4.75 Å². The minimum Gasteiger partial charge on any atom is -0.480 e. The number of carbonyl (C=O) groups excluding carboxylic acids is 1. The molecule has 0 fully saturated rings. The lowest BCUT2D eigenvalue weighted by Crippen LogP contribution is -2.28. The summed E-state index contributed by atoms with van der Waals surface area (Å²) >= 11 is 1.24. The van der Waals surface area contributed by atoms with Crippen LogP contribution in [0.1, 0.15) is 71.4 Å². The van der Waals surface area contributed by atoms with Gasteiger partial charge >= 0.3 is 11.5 Å². The number of hydrogen-bond donors (Lipinski definition) is 3. The van der Waals surface area contributed by atoms with Crippen LogP contribution in [0.2, 0.25) is 0 Å². The van der Waals surface area contributed by atoms with Gasteiger partial charge < -0.3 is 15.7 Å². The van der Waals surface area contributed by atoms with E-state index < -0.39 is 16.2 Å². The number of rotatable bonds is 10. The van der Waals surface area contributed by atoms with Crippen molar-refractivity contribution in [2.45, 2.75) is 94.3 Å². The Balaban J connectivity index is 0.000000340. The van der Waals surface area contributed by atoms with Crippen LogP contribution in [0.3, 0.4) is 0 Å². The molecule has 39 heavy (non-hydrogen) atoms. The predicted octanol–water partition coefficient (Wildman–Crippen LogP) is 7.63. The molecule has 2 aliphatic rings. The van der Waals surface area contributed by atoms with Crippen LogP contribution in [0.5, 0.6) is 0 Å². The fourth-order valence-corrected chi connectivity index (χ4v) is 5.36. The first-order chi connectivity index (χ1) is 18.3. The van der Waals surface area contributed by atoms with Gasteiger partial charge in [-0.2, -0.15) is 13.2 Å². The number of halogens is 3. The van der Waals surface area contributed by atoms with Gasteiger partial charge in [0.25, 0.3) is 0 Å². The molecule has 5 nitrogen and oxygen atoms in total. The van der Waals surface area contributed by atoms with Crippen LogP contribution in [0.15, 0.2) is 58.0 Å². The van der Waals surface area contributed by atoms with Crippen LogP contribution in [0.25, 0.3) is 0 Å². The van der Waals surface area contributed by atoms with Crippen LogP contribution in [0.4, 0.5) is 13.2 Å². The number of carbonyl (C=O) groups is 2. The SMILES string of the molecule is CCCCC.CCNC1Cc2ccc(SC(C)(C)C(=O)O)cc2C1.O=CNC1=CC=C(SC(F)(F)F)C=CC1. The van der Waals surface area contributed by atoms with E-state index in [-0.39, 0.29) is 16.7 Å². The summed E-state index contributed by atoms with van der Waals surface area (Å²) < 4.78 is 35.3. The molecule has 0 radical (unpaired) electrons. The van der Waals surface area contributed by atoms with Gasteiger partial charge in [0.05, 0.1) is 0 Å². The number of carboxylic acid groups (broad SMARTS) is 1. The molecule has 3 N–H and O–H groups in total. The highest BCUT2D eigenvalue weighted by Gasteiger charge is 2.30. The first-order valence-corrected chi connectivity index (χ1v) is 14.8. The highest BCUT2D eigenvalue weighted by molar-refractivity contribution is 8.04. The number of carboxylic acids is 1. The number of unbranched alkanes of at least 4 members (excludes halogenated alkanes) is 2. The lowest BCUT2D eigenvalue weighted by molar-refractivity contribution is -0.138. The molecule has 218 valence electrons. The molecule has 2 aliphatic carbocycles. The Kier molecular flexibility index (Phi) is 15.6. The highest BCUT2D eigenvalue weighted by Crippen LogP contribution is 2.37. The van der Waals surface area contributed by atoms with Gasteiger partial charge in [-0.05, 0) is 80.4 Å². The largest absolute Gasteiger partial charge is 0.480 e. The first kappa shape index (κ1) is 34.9. The molecule has 0 saturated heterocycles. The van der Waals surface area contributed by atoms with E-state index in [0.29, 0.717) is 24.6 Å². The van der Waals surface area contributed by atoms with E-state index in [1.54, 1.807) is 19.9 Å². The number of benzene rings is 1. The number of alkyl halides is 3. The summed E-state index contributed by atoms with van der Waals surface area (Å²) in [6.45, 7) is 11.0. The van der Waals surface area contributed by atoms with Crippen molar-refractivity contribution in [2.24, 2.45) is 0 Å². The van der Waals surface area contributed by atoms with E-state index in [2.05, 4.69) is 43.5 Å². The summed E-state index contributed by atoms with van der Waals surface area (Å²) in [5.41, 5.74) is -0.966. The Bertz CT molecular complexity index is 1020. The average molecular weight is 587 g/mol. The number of nitrogens with one attached hydrogen (secondary N) is 2. The monoisotopic (exact) mass is 586 g/mol. The predicted molar refractivity (Wildman–Crippen MR) is 157 cm³/mol. The summed E-state index contributed by atoms with van der Waals surface area (Å²) in [7, 11) is 0. The van der Waals surface area contributed by atoms with Gasteiger partial charge in [0, 0.05) is 28.0 Å². The van der Waals surface area contributed by atoms with Crippen molar-refractivity contribution in [3.63, 3.8) is 0 Å². The molecule has 0 heterocycles. The van der Waals surface area contributed by atoms with Gasteiger partial charge in [-0.3, -0.25) is 9.59 Å². The molecule has 1 aromatic carbocycles. The van der Waals surface area contributed by atoms with E-state index in [9.17, 15) is 27.9 Å². The molecular formula is C29H41F3N2O3S2. The van der Waals surface area contributed by atoms with E-state index in [4.69, 9.17) is 0 Å². The Morgan fingerprint density at radius 3 is 2.28 bits per heavy atom. The fourth-order valence-electron chi connectivity index (χ4n) is 3.78. The number of thioether (sulfide) groups is 2. The standard InChI is InChI=1S/C15H21NO2S.C9H8F3NOS.C5H12/c1-4-16-12-7-10-5-6-13(9-11(10)8-12)19-15(2,3)14(17)18;10-9(11,12)15-8-3-1-2-7(4-5-8)13-6-14;1-3-5-4-2/h5-6,9,12,16H,4,7-8H2,1-3H3,(H,17,18);1,3-6H,2H2,(H,13,14);3-5H2,1-2H3. The van der Waals surface area contributed by atoms with Gasteiger partial charge in [0.15, 0.2) is 0 Å². The number of amides is 1. The van der Waals surface area contributed by atoms with Crippen LogP contribution >= 0.6 is 23.5 Å². The molecule has 1 atom stereocenters. The quantitative estimate of drug-likeness (QED) is 0.193. The smallest absolute Gasteiger partial charge is 0.446 e. The third kappa shape index (κ3) is 14.2. The lowest BCUT2D eigenvalue weighted by Gasteiger charge is -2.18. The normalized spacial score (nSPS) is 16.4. The average Bonchev–Trinajstić information content (AvgIpc) is 3.11. The van der Waals surface area contributed by atoms with E-state index in [1.807, 2.05) is 6.07 Å². The molecular weight excluding hydrogens is 545 g/mol. The van der Waals surface area contributed by atoms with Crippen LogP contribution in [0, 0.1) is 0 Å². The minimum absolute atomic E-state index is 0.102. The second-order valence-corrected chi connectivity index (χ2v) is 12.4. The number of likely N-dealkylation sites (N-methyl/N-ethyl adjacent to an activating group) is 1. The summed E-state index contributed by atoms with van der Waals surface area (Å²) in [5, 5.41) is 15.1. The Morgan fingerprint density at radius 2 is 1.74 bits per heavy atom. The van der Waals surface area contributed by atoms with Crippen molar-refractivity contribution >= 4 is 35.9 Å². The molecule has 10 heteroatoms. The third-order valence-corrected chi connectivity index (χ3v) is 7.66. The maximum atomic E-state index is 12.0. The zero-order valence-corrected chi connectivity index (χ0v) is 25.0. The Morgan fingerprint density at radius 1 is 1.08 bits per heavy atom. The van der Waals surface area contributed by atoms with Gasteiger partial charge in [-0.1, -0.05) is 58.3 Å². The Hall–Kier alpha value is -2.17. The summed E-state index contributed by atoms with van der Waals surface area (Å²) in [4.78, 5) is 22.4. The summed E-state index contributed by atoms with van der Waals surface area (Å²) in [6.07, 6.45) is 12.9. The molecule has 1 aromatic rings. The van der Waals surface area contributed by atoms with Gasteiger partial charge in [-0.15, -0.1) is 11.8 Å². The molecule has 1 amide bonds. The topological polar surface area (TPSA) is 78.4 Å². The highest BCUT2D eigenvalue weighted by atomic mass is 32.2. The van der Waals surface area contributed by atoms with Crippen molar-refractivity contribution in [1.29, 1.82) is 0 Å². The van der Waals surface area contributed by atoms with Crippen LogP contribution in [-0.4, -0.2) is 40.3 Å². The number of hydrogen-bond acceptors (Lipinski definition) is 5. The summed E-state index contributed by atoms with van der Waals surface area (Å²) in [5.74, 6) is -0.775. The zero-order valence-electron chi connectivity index (χ0n) is 23.4. The van der Waals surface area contributed by atoms with Crippen LogP contribution in [-0.2, 0) is 22.4 Å². The second-order valence-electron chi connectivity index (χ2n) is 9.54. The van der Waals surface area contributed by atoms with Crippen molar-refractivity contribution in [3.8, 4) is 0 Å². The molecule has 0 spiro atoms. The number of allylic oxidation sites excluding steroid dienone is 4. The maximum absolute atomic E-state index is 12.0. The zero-order chi connectivity index (χ0) is 29.5. The van der Waals surface area contributed by atoms with Crippen LogP contribution < -0.4 is 10.6 Å². The summed E-state index contributed by atoms with van der Waals surface area (Å²) in [6, 6.07) is 6.88. The minimum atomic E-state index is -4.29. The second kappa shape index (κ2) is 17.5. The third-order valence-electron chi connectivity index (χ3n) is 5.74. The maximum Gasteiger partial charge on any atom is 0.446 e. The van der Waals surface area contributed by atoms with E-state index >= 15 is 0 Å². The van der Waals surface area contributed by atoms with E-state index in [0.717, 1.165) is 24.3 Å². The number of fused-ring (bicyclic) bond motifs is 1. The van der Waals surface area contributed by atoms with Gasteiger partial charge in [0.2, 0.25) is 6.41 Å².